The van der Waals surface area contributed by atoms with Crippen LogP contribution in [-0.2, 0) is 13.0 Å². The van der Waals surface area contributed by atoms with E-state index >= 15 is 0 Å². The van der Waals surface area contributed by atoms with Crippen molar-refractivity contribution in [2.75, 3.05) is 13.6 Å². The molecule has 0 fully saturated rings. The standard InChI is InChI=1S/C18H25N3S.HI/c1-14(11-17-9-6-10-22-17)12-20-18(19-3)21-13-16-8-5-4-7-15(16)2;/h4-10,14H,11-13H2,1-3H3,(H2,19,20,21);1H. The molecule has 2 aromatic rings. The SMILES string of the molecule is CN=C(NCc1ccccc1C)NCC(C)Cc1cccs1.I. The van der Waals surface area contributed by atoms with Crippen LogP contribution in [0.1, 0.15) is 22.9 Å². The molecule has 1 aromatic heterocycles. The summed E-state index contributed by atoms with van der Waals surface area (Å²) in [4.78, 5) is 5.74. The quantitative estimate of drug-likeness (QED) is 0.399. The number of halogens is 1. The van der Waals surface area contributed by atoms with E-state index < -0.39 is 0 Å². The zero-order valence-corrected chi connectivity index (χ0v) is 17.2. The molecule has 0 aliphatic rings. The zero-order chi connectivity index (χ0) is 15.8. The van der Waals surface area contributed by atoms with Crippen molar-refractivity contribution in [2.24, 2.45) is 10.9 Å². The van der Waals surface area contributed by atoms with Crippen molar-refractivity contribution in [3.63, 3.8) is 0 Å². The molecule has 0 saturated carbocycles. The van der Waals surface area contributed by atoms with Gasteiger partial charge in [-0.1, -0.05) is 37.3 Å². The average Bonchev–Trinajstić information content (AvgIpc) is 3.02. The molecule has 2 rings (SSSR count). The van der Waals surface area contributed by atoms with Gasteiger partial charge >= 0.3 is 0 Å². The van der Waals surface area contributed by atoms with Gasteiger partial charge in [-0.15, -0.1) is 35.3 Å². The molecule has 0 aliphatic carbocycles. The number of thiophene rings is 1. The third-order valence-electron chi connectivity index (χ3n) is 3.68. The Balaban J connectivity index is 0.00000264. The molecule has 3 nitrogen and oxygen atoms in total. The van der Waals surface area contributed by atoms with Crippen LogP contribution in [0.25, 0.3) is 0 Å². The van der Waals surface area contributed by atoms with Gasteiger partial charge in [-0.3, -0.25) is 4.99 Å². The Hall–Kier alpha value is -1.08. The van der Waals surface area contributed by atoms with Crippen LogP contribution < -0.4 is 10.6 Å². The number of guanidine groups is 1. The second-order valence-electron chi connectivity index (χ2n) is 5.62. The molecule has 0 saturated heterocycles. The topological polar surface area (TPSA) is 36.4 Å². The molecule has 1 atom stereocenters. The van der Waals surface area contributed by atoms with Crippen molar-refractivity contribution in [3.05, 3.63) is 57.8 Å². The van der Waals surface area contributed by atoms with Gasteiger partial charge in [0.25, 0.3) is 0 Å². The summed E-state index contributed by atoms with van der Waals surface area (Å²) >= 11 is 1.83. The summed E-state index contributed by atoms with van der Waals surface area (Å²) in [6, 6.07) is 12.7. The van der Waals surface area contributed by atoms with Gasteiger partial charge in [-0.2, -0.15) is 0 Å². The van der Waals surface area contributed by atoms with Crippen LogP contribution in [0.4, 0.5) is 0 Å². The molecule has 1 unspecified atom stereocenters. The molecule has 0 bridgehead atoms. The van der Waals surface area contributed by atoms with E-state index in [1.807, 2.05) is 18.4 Å². The number of nitrogens with one attached hydrogen (secondary N) is 2. The predicted molar refractivity (Wildman–Crippen MR) is 112 cm³/mol. The maximum absolute atomic E-state index is 4.30. The Kier molecular flexibility index (Phi) is 9.24. The first kappa shape index (κ1) is 20.0. The van der Waals surface area contributed by atoms with Gasteiger partial charge in [0.1, 0.15) is 0 Å². The Labute approximate surface area is 160 Å². The second-order valence-corrected chi connectivity index (χ2v) is 6.65. The normalized spacial score (nSPS) is 12.4. The number of nitrogens with zero attached hydrogens (tertiary/aromatic N) is 1. The van der Waals surface area contributed by atoms with Crippen LogP contribution in [0.15, 0.2) is 46.8 Å². The molecule has 0 amide bonds. The van der Waals surface area contributed by atoms with Crippen LogP contribution >= 0.6 is 35.3 Å². The van der Waals surface area contributed by atoms with Crippen LogP contribution in [0, 0.1) is 12.8 Å². The van der Waals surface area contributed by atoms with E-state index in [9.17, 15) is 0 Å². The van der Waals surface area contributed by atoms with Gasteiger partial charge in [0.15, 0.2) is 5.96 Å². The molecule has 5 heteroatoms. The fourth-order valence-corrected chi connectivity index (χ4v) is 3.19. The third kappa shape index (κ3) is 6.91. The van der Waals surface area contributed by atoms with Crippen molar-refractivity contribution >= 4 is 41.3 Å². The third-order valence-corrected chi connectivity index (χ3v) is 4.58. The average molecular weight is 443 g/mol. The van der Waals surface area contributed by atoms with Crippen LogP contribution in [0.3, 0.4) is 0 Å². The fraction of sp³-hybridized carbons (Fsp3) is 0.389. The van der Waals surface area contributed by atoms with Gasteiger partial charge in [0.05, 0.1) is 0 Å². The van der Waals surface area contributed by atoms with Gasteiger partial charge in [0.2, 0.25) is 0 Å². The molecule has 0 aliphatic heterocycles. The van der Waals surface area contributed by atoms with E-state index in [0.29, 0.717) is 5.92 Å². The van der Waals surface area contributed by atoms with E-state index in [0.717, 1.165) is 25.5 Å². The monoisotopic (exact) mass is 443 g/mol. The van der Waals surface area contributed by atoms with Gasteiger partial charge in [-0.25, -0.2) is 0 Å². The summed E-state index contributed by atoms with van der Waals surface area (Å²) in [6.45, 7) is 6.12. The number of hydrogen-bond donors (Lipinski definition) is 2. The van der Waals surface area contributed by atoms with Crippen molar-refractivity contribution in [3.8, 4) is 0 Å². The highest BCUT2D eigenvalue weighted by Gasteiger charge is 2.06. The highest BCUT2D eigenvalue weighted by molar-refractivity contribution is 14.0. The van der Waals surface area contributed by atoms with Crippen molar-refractivity contribution in [1.29, 1.82) is 0 Å². The lowest BCUT2D eigenvalue weighted by Crippen LogP contribution is -2.39. The minimum absolute atomic E-state index is 0. The lowest BCUT2D eigenvalue weighted by Gasteiger charge is -2.16. The fourth-order valence-electron chi connectivity index (χ4n) is 2.32. The van der Waals surface area contributed by atoms with Crippen LogP contribution in [0.5, 0.6) is 0 Å². The number of aliphatic imine (C=N–C) groups is 1. The predicted octanol–water partition coefficient (Wildman–Crippen LogP) is 4.22. The number of rotatable bonds is 6. The van der Waals surface area contributed by atoms with E-state index in [4.69, 9.17) is 0 Å². The Morgan fingerprint density at radius 3 is 2.61 bits per heavy atom. The number of benzene rings is 1. The second kappa shape index (κ2) is 10.6. The van der Waals surface area contributed by atoms with E-state index in [1.165, 1.54) is 16.0 Å². The number of hydrogen-bond acceptors (Lipinski definition) is 2. The molecule has 126 valence electrons. The largest absolute Gasteiger partial charge is 0.356 e. The van der Waals surface area contributed by atoms with Gasteiger partial charge in [-0.05, 0) is 41.8 Å². The first-order chi connectivity index (χ1) is 10.7. The summed E-state index contributed by atoms with van der Waals surface area (Å²) in [5.74, 6) is 1.44. The Bertz CT molecular complexity index is 596. The smallest absolute Gasteiger partial charge is 0.191 e. The van der Waals surface area contributed by atoms with E-state index in [2.05, 4.69) is 71.3 Å². The molecule has 0 spiro atoms. The van der Waals surface area contributed by atoms with Gasteiger partial charge in [0, 0.05) is 25.0 Å². The van der Waals surface area contributed by atoms with E-state index in [-0.39, 0.29) is 24.0 Å². The van der Waals surface area contributed by atoms with Crippen LogP contribution in [0.2, 0.25) is 0 Å². The van der Waals surface area contributed by atoms with Crippen molar-refractivity contribution < 1.29 is 0 Å². The summed E-state index contributed by atoms with van der Waals surface area (Å²) in [6.07, 6.45) is 1.11. The molecule has 23 heavy (non-hydrogen) atoms. The lowest BCUT2D eigenvalue weighted by molar-refractivity contribution is 0.562. The molecular weight excluding hydrogens is 417 g/mol. The first-order valence-corrected chi connectivity index (χ1v) is 8.58. The minimum Gasteiger partial charge on any atom is -0.356 e. The van der Waals surface area contributed by atoms with E-state index in [1.54, 1.807) is 0 Å². The Morgan fingerprint density at radius 1 is 1.17 bits per heavy atom. The molecule has 1 heterocycles. The maximum atomic E-state index is 4.30. The minimum atomic E-state index is 0. The molecular formula is C18H26IN3S. The highest BCUT2D eigenvalue weighted by Crippen LogP contribution is 2.13. The summed E-state index contributed by atoms with van der Waals surface area (Å²) in [7, 11) is 1.82. The summed E-state index contributed by atoms with van der Waals surface area (Å²) in [5, 5.41) is 8.93. The van der Waals surface area contributed by atoms with Crippen molar-refractivity contribution in [1.82, 2.24) is 10.6 Å². The summed E-state index contributed by atoms with van der Waals surface area (Å²) < 4.78 is 0. The first-order valence-electron chi connectivity index (χ1n) is 7.70. The zero-order valence-electron chi connectivity index (χ0n) is 14.0. The maximum Gasteiger partial charge on any atom is 0.191 e. The molecule has 0 radical (unpaired) electrons. The highest BCUT2D eigenvalue weighted by atomic mass is 127. The lowest BCUT2D eigenvalue weighted by atomic mass is 10.1. The molecule has 1 aromatic carbocycles. The van der Waals surface area contributed by atoms with Crippen LogP contribution in [-0.4, -0.2) is 19.6 Å². The Morgan fingerprint density at radius 2 is 1.96 bits per heavy atom. The summed E-state index contributed by atoms with van der Waals surface area (Å²) in [5.41, 5.74) is 2.61. The number of aryl methyl sites for hydroxylation is 1. The molecule has 2 N–H and O–H groups in total. The van der Waals surface area contributed by atoms with Crippen molar-refractivity contribution in [2.45, 2.75) is 26.8 Å². The van der Waals surface area contributed by atoms with Gasteiger partial charge < -0.3 is 10.6 Å².